The van der Waals surface area contributed by atoms with Crippen molar-refractivity contribution in [3.05, 3.63) is 24.1 Å². The van der Waals surface area contributed by atoms with Crippen LogP contribution in [0.3, 0.4) is 0 Å². The van der Waals surface area contributed by atoms with Crippen LogP contribution < -0.4 is 10.6 Å². The maximum absolute atomic E-state index is 4.26. The molecule has 0 atom stereocenters. The van der Waals surface area contributed by atoms with Crippen molar-refractivity contribution < 1.29 is 0 Å². The molecule has 2 N–H and O–H groups in total. The summed E-state index contributed by atoms with van der Waals surface area (Å²) in [6.45, 7) is 1.49. The van der Waals surface area contributed by atoms with E-state index in [2.05, 4.69) is 30.7 Å². The molecule has 0 amide bonds. The number of fused-ring (bicyclic) bond motifs is 1. The SMILES string of the molecule is Cn1ncnc1NCCNc1ncnc2ccsc12. The minimum absolute atomic E-state index is 0.739. The molecule has 0 bridgehead atoms. The molecule has 19 heavy (non-hydrogen) atoms. The smallest absolute Gasteiger partial charge is 0.220 e. The summed E-state index contributed by atoms with van der Waals surface area (Å²) in [7, 11) is 1.85. The fourth-order valence-electron chi connectivity index (χ4n) is 1.73. The molecule has 7 nitrogen and oxygen atoms in total. The van der Waals surface area contributed by atoms with Crippen molar-refractivity contribution in [2.24, 2.45) is 7.05 Å². The molecule has 0 fully saturated rings. The van der Waals surface area contributed by atoms with Gasteiger partial charge in [-0.1, -0.05) is 0 Å². The van der Waals surface area contributed by atoms with Crippen molar-refractivity contribution >= 4 is 33.3 Å². The van der Waals surface area contributed by atoms with E-state index in [4.69, 9.17) is 0 Å². The third kappa shape index (κ3) is 2.48. The molecule has 0 saturated carbocycles. The van der Waals surface area contributed by atoms with Gasteiger partial charge in [0.05, 0.1) is 10.2 Å². The Morgan fingerprint density at radius 2 is 2.05 bits per heavy atom. The Hall–Kier alpha value is -2.22. The first kappa shape index (κ1) is 11.8. The highest BCUT2D eigenvalue weighted by molar-refractivity contribution is 7.17. The van der Waals surface area contributed by atoms with Crippen LogP contribution in [0.2, 0.25) is 0 Å². The zero-order chi connectivity index (χ0) is 13.1. The summed E-state index contributed by atoms with van der Waals surface area (Å²) in [5.41, 5.74) is 0.976. The number of aromatic nitrogens is 5. The zero-order valence-electron chi connectivity index (χ0n) is 10.4. The maximum atomic E-state index is 4.26. The van der Waals surface area contributed by atoms with Crippen LogP contribution in [0.15, 0.2) is 24.1 Å². The molecular weight excluding hydrogens is 262 g/mol. The Morgan fingerprint density at radius 1 is 1.16 bits per heavy atom. The Morgan fingerprint density at radius 3 is 2.89 bits per heavy atom. The lowest BCUT2D eigenvalue weighted by molar-refractivity contribution is 0.767. The third-order valence-corrected chi connectivity index (χ3v) is 3.57. The summed E-state index contributed by atoms with van der Waals surface area (Å²) in [5.74, 6) is 1.63. The number of nitrogens with zero attached hydrogens (tertiary/aromatic N) is 5. The second-order valence-electron chi connectivity index (χ2n) is 3.92. The standard InChI is InChI=1S/C11H13N7S/c1-18-11(16-7-17-18)13-4-3-12-10-9-8(2-5-19-9)14-6-15-10/h2,5-7H,3-4H2,1H3,(H,12,14,15)(H,13,16,17). The lowest BCUT2D eigenvalue weighted by Crippen LogP contribution is -2.16. The van der Waals surface area contributed by atoms with E-state index in [1.54, 1.807) is 22.3 Å². The van der Waals surface area contributed by atoms with Crippen molar-refractivity contribution in [2.45, 2.75) is 0 Å². The van der Waals surface area contributed by atoms with Gasteiger partial charge in [0.1, 0.15) is 18.5 Å². The number of hydrogen-bond donors (Lipinski definition) is 2. The van der Waals surface area contributed by atoms with E-state index >= 15 is 0 Å². The minimum Gasteiger partial charge on any atom is -0.367 e. The first-order chi connectivity index (χ1) is 9.34. The van der Waals surface area contributed by atoms with Crippen molar-refractivity contribution in [1.82, 2.24) is 24.7 Å². The molecule has 0 spiro atoms. The molecule has 3 aromatic heterocycles. The quantitative estimate of drug-likeness (QED) is 0.684. The highest BCUT2D eigenvalue weighted by Crippen LogP contribution is 2.24. The van der Waals surface area contributed by atoms with E-state index in [1.165, 1.54) is 6.33 Å². The number of hydrogen-bond acceptors (Lipinski definition) is 7. The van der Waals surface area contributed by atoms with Gasteiger partial charge in [-0.25, -0.2) is 14.6 Å². The molecule has 0 radical (unpaired) electrons. The van der Waals surface area contributed by atoms with Crippen LogP contribution in [-0.4, -0.2) is 37.8 Å². The average Bonchev–Trinajstić information content (AvgIpc) is 3.04. The van der Waals surface area contributed by atoms with Crippen molar-refractivity contribution in [3.63, 3.8) is 0 Å². The minimum atomic E-state index is 0.739. The predicted octanol–water partition coefficient (Wildman–Crippen LogP) is 1.34. The highest BCUT2D eigenvalue weighted by Gasteiger charge is 2.04. The van der Waals surface area contributed by atoms with E-state index in [9.17, 15) is 0 Å². The highest BCUT2D eigenvalue weighted by atomic mass is 32.1. The van der Waals surface area contributed by atoms with E-state index < -0.39 is 0 Å². The summed E-state index contributed by atoms with van der Waals surface area (Å²) in [6.07, 6.45) is 3.10. The summed E-state index contributed by atoms with van der Waals surface area (Å²) in [5, 5.41) is 12.5. The van der Waals surface area contributed by atoms with Gasteiger partial charge in [-0.3, -0.25) is 0 Å². The van der Waals surface area contributed by atoms with E-state index in [0.29, 0.717) is 0 Å². The first-order valence-electron chi connectivity index (χ1n) is 5.84. The number of aryl methyl sites for hydroxylation is 1. The summed E-state index contributed by atoms with van der Waals surface area (Å²) >= 11 is 1.64. The second kappa shape index (κ2) is 5.19. The van der Waals surface area contributed by atoms with Crippen LogP contribution >= 0.6 is 11.3 Å². The predicted molar refractivity (Wildman–Crippen MR) is 75.4 cm³/mol. The fourth-order valence-corrected chi connectivity index (χ4v) is 2.54. The van der Waals surface area contributed by atoms with E-state index in [0.717, 1.165) is 35.1 Å². The van der Waals surface area contributed by atoms with Crippen LogP contribution in [0.5, 0.6) is 0 Å². The summed E-state index contributed by atoms with van der Waals surface area (Å²) in [6, 6.07) is 1.99. The molecule has 0 aliphatic rings. The Balaban J connectivity index is 1.58. The first-order valence-corrected chi connectivity index (χ1v) is 6.72. The number of anilines is 2. The molecule has 3 aromatic rings. The van der Waals surface area contributed by atoms with Crippen molar-refractivity contribution in [1.29, 1.82) is 0 Å². The lowest BCUT2D eigenvalue weighted by atomic mass is 10.4. The van der Waals surface area contributed by atoms with Gasteiger partial charge in [0.15, 0.2) is 0 Å². The lowest BCUT2D eigenvalue weighted by Gasteiger charge is -2.07. The molecule has 0 saturated heterocycles. The van der Waals surface area contributed by atoms with Crippen LogP contribution in [-0.2, 0) is 7.05 Å². The van der Waals surface area contributed by atoms with Gasteiger partial charge in [0.2, 0.25) is 5.95 Å². The van der Waals surface area contributed by atoms with Gasteiger partial charge in [-0.05, 0) is 11.4 Å². The largest absolute Gasteiger partial charge is 0.367 e. The summed E-state index contributed by atoms with van der Waals surface area (Å²) in [4.78, 5) is 12.6. The molecular formula is C11H13N7S. The third-order valence-electron chi connectivity index (χ3n) is 2.66. The van der Waals surface area contributed by atoms with Crippen molar-refractivity contribution in [3.8, 4) is 0 Å². The second-order valence-corrected chi connectivity index (χ2v) is 4.83. The van der Waals surface area contributed by atoms with Gasteiger partial charge >= 0.3 is 0 Å². The van der Waals surface area contributed by atoms with Gasteiger partial charge in [-0.2, -0.15) is 10.1 Å². The fraction of sp³-hybridized carbons (Fsp3) is 0.273. The number of rotatable bonds is 5. The van der Waals surface area contributed by atoms with Crippen LogP contribution in [0.1, 0.15) is 0 Å². The normalized spacial score (nSPS) is 10.8. The van der Waals surface area contributed by atoms with Gasteiger partial charge in [-0.15, -0.1) is 11.3 Å². The van der Waals surface area contributed by atoms with Crippen molar-refractivity contribution in [2.75, 3.05) is 23.7 Å². The topological polar surface area (TPSA) is 80.5 Å². The van der Waals surface area contributed by atoms with Gasteiger partial charge in [0, 0.05) is 20.1 Å². The Bertz CT molecular complexity index is 674. The maximum Gasteiger partial charge on any atom is 0.220 e. The van der Waals surface area contributed by atoms with E-state index in [-0.39, 0.29) is 0 Å². The molecule has 0 aromatic carbocycles. The molecule has 8 heteroatoms. The monoisotopic (exact) mass is 275 g/mol. The zero-order valence-corrected chi connectivity index (χ0v) is 11.2. The van der Waals surface area contributed by atoms with Gasteiger partial charge in [0.25, 0.3) is 0 Å². The van der Waals surface area contributed by atoms with Crippen LogP contribution in [0.4, 0.5) is 11.8 Å². The van der Waals surface area contributed by atoms with Gasteiger partial charge < -0.3 is 10.6 Å². The molecule has 0 aliphatic heterocycles. The number of nitrogens with one attached hydrogen (secondary N) is 2. The Labute approximate surface area is 113 Å². The van der Waals surface area contributed by atoms with E-state index in [1.807, 2.05) is 18.5 Å². The molecule has 3 rings (SSSR count). The molecule has 3 heterocycles. The van der Waals surface area contributed by atoms with Crippen LogP contribution in [0, 0.1) is 0 Å². The molecule has 0 unspecified atom stereocenters. The molecule has 0 aliphatic carbocycles. The average molecular weight is 275 g/mol. The molecule has 98 valence electrons. The Kier molecular flexibility index (Phi) is 3.23. The summed E-state index contributed by atoms with van der Waals surface area (Å²) < 4.78 is 2.78. The van der Waals surface area contributed by atoms with Crippen LogP contribution in [0.25, 0.3) is 10.2 Å². The number of thiophene rings is 1.